The van der Waals surface area contributed by atoms with Crippen LogP contribution in [-0.2, 0) is 11.2 Å². The Labute approximate surface area is 187 Å². The van der Waals surface area contributed by atoms with Crippen LogP contribution in [0.15, 0.2) is 84.0 Å². The van der Waals surface area contributed by atoms with Crippen LogP contribution in [0.2, 0.25) is 0 Å². The van der Waals surface area contributed by atoms with Crippen LogP contribution in [-0.4, -0.2) is 17.1 Å². The molecule has 166 valence electrons. The van der Waals surface area contributed by atoms with Crippen molar-refractivity contribution in [2.24, 2.45) is 5.18 Å². The Kier molecular flexibility index (Phi) is 6.26. The molecule has 0 unspecified atom stereocenters. The molecule has 0 spiro atoms. The van der Waals surface area contributed by atoms with E-state index in [-0.39, 0.29) is 29.2 Å². The molecule has 4 rings (SSSR count). The molecular weight excluding hydrogens is 428 g/mol. The van der Waals surface area contributed by atoms with Gasteiger partial charge in [-0.2, -0.15) is 0 Å². The average molecular weight is 447 g/mol. The first-order chi connectivity index (χ1) is 15.9. The van der Waals surface area contributed by atoms with E-state index in [1.54, 1.807) is 24.3 Å². The number of hydrogen-bond donors (Lipinski definition) is 3. The van der Waals surface area contributed by atoms with Gasteiger partial charge in [-0.15, -0.1) is 4.91 Å². The summed E-state index contributed by atoms with van der Waals surface area (Å²) in [6.45, 7) is 0. The fourth-order valence-electron chi connectivity index (χ4n) is 3.63. The van der Waals surface area contributed by atoms with Gasteiger partial charge in [-0.25, -0.2) is 8.78 Å². The predicted molar refractivity (Wildman–Crippen MR) is 124 cm³/mol. The van der Waals surface area contributed by atoms with Gasteiger partial charge in [-0.3, -0.25) is 4.79 Å². The summed E-state index contributed by atoms with van der Waals surface area (Å²) in [5.41, 5.74) is 0.988. The molecule has 33 heavy (non-hydrogen) atoms. The predicted octanol–water partition coefficient (Wildman–Crippen LogP) is 5.88. The number of anilines is 2. The number of carbonyl (C=O) groups excluding carboxylic acids is 1. The third-order valence-corrected chi connectivity index (χ3v) is 5.15. The van der Waals surface area contributed by atoms with Crippen LogP contribution in [0.5, 0.6) is 5.75 Å². The first-order valence-electron chi connectivity index (χ1n) is 10.1. The molecule has 0 aromatic heterocycles. The maximum absolute atomic E-state index is 13.6. The van der Waals surface area contributed by atoms with Gasteiger partial charge in [0.05, 0.1) is 5.69 Å². The number of nitroso groups, excluding NO2 is 1. The Morgan fingerprint density at radius 1 is 0.909 bits per heavy atom. The second-order valence-corrected chi connectivity index (χ2v) is 7.46. The maximum Gasteiger partial charge on any atom is 0.247 e. The molecule has 0 saturated heterocycles. The van der Waals surface area contributed by atoms with Crippen molar-refractivity contribution in [1.82, 2.24) is 0 Å². The summed E-state index contributed by atoms with van der Waals surface area (Å²) in [6.07, 6.45) is 0.195. The van der Waals surface area contributed by atoms with E-state index in [0.29, 0.717) is 16.8 Å². The molecule has 0 saturated carbocycles. The van der Waals surface area contributed by atoms with E-state index in [0.717, 1.165) is 17.7 Å². The van der Waals surface area contributed by atoms with Crippen molar-refractivity contribution in [1.29, 1.82) is 0 Å². The molecule has 6 nitrogen and oxygen atoms in total. The van der Waals surface area contributed by atoms with Crippen molar-refractivity contribution >= 4 is 33.7 Å². The highest BCUT2D eigenvalue weighted by Gasteiger charge is 2.22. The summed E-state index contributed by atoms with van der Waals surface area (Å²) >= 11 is 0. The molecule has 4 aromatic rings. The highest BCUT2D eigenvalue weighted by Crippen LogP contribution is 2.39. The molecule has 0 aliphatic carbocycles. The van der Waals surface area contributed by atoms with Gasteiger partial charge in [0.1, 0.15) is 29.1 Å². The van der Waals surface area contributed by atoms with Crippen molar-refractivity contribution in [2.45, 2.75) is 12.5 Å². The molecule has 0 radical (unpaired) electrons. The van der Waals surface area contributed by atoms with Gasteiger partial charge < -0.3 is 15.7 Å². The van der Waals surface area contributed by atoms with Gasteiger partial charge in [0.2, 0.25) is 5.91 Å². The Hall–Kier alpha value is -4.33. The van der Waals surface area contributed by atoms with Crippen LogP contribution >= 0.6 is 0 Å². The van der Waals surface area contributed by atoms with E-state index in [2.05, 4.69) is 15.8 Å². The van der Waals surface area contributed by atoms with E-state index in [9.17, 15) is 23.6 Å². The zero-order chi connectivity index (χ0) is 23.4. The molecule has 0 aliphatic rings. The Bertz CT molecular complexity index is 1310. The zero-order valence-electron chi connectivity index (χ0n) is 17.3. The third-order valence-electron chi connectivity index (χ3n) is 5.15. The lowest BCUT2D eigenvalue weighted by molar-refractivity contribution is -0.116. The van der Waals surface area contributed by atoms with Crippen molar-refractivity contribution in [2.75, 3.05) is 10.6 Å². The van der Waals surface area contributed by atoms with Crippen molar-refractivity contribution in [3.8, 4) is 5.75 Å². The smallest absolute Gasteiger partial charge is 0.247 e. The maximum atomic E-state index is 13.6. The number of aromatic hydroxyl groups is 1. The number of fused-ring (bicyclic) bond motifs is 1. The van der Waals surface area contributed by atoms with Gasteiger partial charge in [0.25, 0.3) is 0 Å². The lowest BCUT2D eigenvalue weighted by Gasteiger charge is -2.21. The number of nitrogens with zero attached hydrogens (tertiary/aromatic N) is 1. The minimum Gasteiger partial charge on any atom is -0.505 e. The van der Waals surface area contributed by atoms with Crippen molar-refractivity contribution in [3.63, 3.8) is 0 Å². The van der Waals surface area contributed by atoms with E-state index in [1.807, 2.05) is 30.3 Å². The molecule has 4 aromatic carbocycles. The van der Waals surface area contributed by atoms with Gasteiger partial charge in [0, 0.05) is 28.9 Å². The lowest BCUT2D eigenvalue weighted by Crippen LogP contribution is -2.36. The fourth-order valence-corrected chi connectivity index (χ4v) is 3.63. The van der Waals surface area contributed by atoms with Crippen LogP contribution in [0, 0.1) is 16.5 Å². The van der Waals surface area contributed by atoms with E-state index < -0.39 is 23.6 Å². The van der Waals surface area contributed by atoms with Crippen molar-refractivity contribution in [3.05, 3.63) is 101 Å². The van der Waals surface area contributed by atoms with Gasteiger partial charge in [-0.1, -0.05) is 54.6 Å². The lowest BCUT2D eigenvalue weighted by atomic mass is 10.0. The molecule has 1 amide bonds. The summed E-state index contributed by atoms with van der Waals surface area (Å²) < 4.78 is 27.2. The molecule has 0 fully saturated rings. The van der Waals surface area contributed by atoms with E-state index in [4.69, 9.17) is 0 Å². The van der Waals surface area contributed by atoms with Crippen molar-refractivity contribution < 1.29 is 18.7 Å². The van der Waals surface area contributed by atoms with E-state index >= 15 is 0 Å². The molecule has 1 atom stereocenters. The number of phenols is 1. The number of carbonyl (C=O) groups is 1. The van der Waals surface area contributed by atoms with Crippen LogP contribution in [0.3, 0.4) is 0 Å². The Morgan fingerprint density at radius 3 is 2.21 bits per heavy atom. The second kappa shape index (κ2) is 9.44. The number of hydrogen-bond acceptors (Lipinski definition) is 5. The van der Waals surface area contributed by atoms with Crippen LogP contribution in [0.4, 0.5) is 25.8 Å². The number of nitrogens with one attached hydrogen (secondary N) is 2. The van der Waals surface area contributed by atoms with Crippen LogP contribution < -0.4 is 10.6 Å². The number of amides is 1. The highest BCUT2D eigenvalue weighted by atomic mass is 19.1. The fraction of sp³-hybridized carbons (Fsp3) is 0.0800. The quantitative estimate of drug-likeness (QED) is 0.244. The summed E-state index contributed by atoms with van der Waals surface area (Å²) in [5, 5.41) is 20.2. The number of phenolic OH excluding ortho intramolecular Hbond substituents is 1. The minimum absolute atomic E-state index is 0.0460. The van der Waals surface area contributed by atoms with Crippen LogP contribution in [0.25, 0.3) is 10.8 Å². The SMILES string of the molecule is O=Nc1cc(N[C@H](Cc2ccccc2)C(=O)Nc2cc(F)cc(F)c2)c(O)c2ccccc12. The number of rotatable bonds is 7. The minimum atomic E-state index is -0.953. The molecule has 0 aliphatic heterocycles. The summed E-state index contributed by atoms with van der Waals surface area (Å²) in [5.74, 6) is -2.39. The molecule has 8 heteroatoms. The molecule has 0 bridgehead atoms. The third kappa shape index (κ3) is 4.95. The first kappa shape index (κ1) is 21.9. The first-order valence-corrected chi connectivity index (χ1v) is 10.1. The Balaban J connectivity index is 1.70. The Morgan fingerprint density at radius 2 is 1.55 bits per heavy atom. The van der Waals surface area contributed by atoms with Gasteiger partial charge in [0.15, 0.2) is 0 Å². The number of halogens is 2. The topological polar surface area (TPSA) is 90.8 Å². The normalized spacial score (nSPS) is 11.7. The zero-order valence-corrected chi connectivity index (χ0v) is 17.3. The molecule has 3 N–H and O–H groups in total. The largest absolute Gasteiger partial charge is 0.505 e. The van der Waals surface area contributed by atoms with Crippen LogP contribution in [0.1, 0.15) is 5.56 Å². The van der Waals surface area contributed by atoms with Gasteiger partial charge >= 0.3 is 0 Å². The summed E-state index contributed by atoms with van der Waals surface area (Å²) in [4.78, 5) is 24.5. The van der Waals surface area contributed by atoms with Gasteiger partial charge in [-0.05, 0) is 28.9 Å². The second-order valence-electron chi connectivity index (χ2n) is 7.46. The molecular formula is C25H19F2N3O3. The standard InChI is InChI=1S/C25H19F2N3O3/c26-16-11-17(27)13-18(12-16)28-25(32)23(10-15-6-2-1-3-7-15)29-22-14-21(30-33)19-8-4-5-9-20(19)24(22)31/h1-9,11-14,23,29,31H,10H2,(H,28,32)/t23-/m1/s1. The molecule has 0 heterocycles. The van der Waals surface area contributed by atoms with E-state index in [1.165, 1.54) is 6.07 Å². The highest BCUT2D eigenvalue weighted by molar-refractivity contribution is 6.02. The number of benzene rings is 4. The summed E-state index contributed by atoms with van der Waals surface area (Å²) in [6, 6.07) is 18.9. The summed E-state index contributed by atoms with van der Waals surface area (Å²) in [7, 11) is 0. The monoisotopic (exact) mass is 447 g/mol. The average Bonchev–Trinajstić information content (AvgIpc) is 2.80.